The number of aldehydes is 1. The predicted molar refractivity (Wildman–Crippen MR) is 88.0 cm³/mol. The number of hydrogen-bond donors (Lipinski definition) is 2. The fourth-order valence-electron chi connectivity index (χ4n) is 2.13. The maximum absolute atomic E-state index is 11.5. The highest BCUT2D eigenvalue weighted by molar-refractivity contribution is 7.11. The zero-order chi connectivity index (χ0) is 16.1. The Hall–Kier alpha value is -2.24. The molecule has 2 aromatic rings. The Morgan fingerprint density at radius 3 is 2.55 bits per heavy atom. The highest BCUT2D eigenvalue weighted by atomic mass is 32.1. The molecule has 0 atom stereocenters. The molecule has 1 heterocycles. The van der Waals surface area contributed by atoms with E-state index >= 15 is 0 Å². The third kappa shape index (κ3) is 3.50. The van der Waals surface area contributed by atoms with E-state index in [1.807, 2.05) is 42.6 Å². The van der Waals surface area contributed by atoms with Crippen LogP contribution >= 0.6 is 11.3 Å². The van der Waals surface area contributed by atoms with Crippen LogP contribution in [-0.2, 0) is 16.0 Å². The molecule has 0 unspecified atom stereocenters. The highest BCUT2D eigenvalue weighted by Gasteiger charge is 2.18. The summed E-state index contributed by atoms with van der Waals surface area (Å²) in [5, 5.41) is 12.1. The molecule has 0 fully saturated rings. The maximum atomic E-state index is 11.5. The Labute approximate surface area is 132 Å². The van der Waals surface area contributed by atoms with Gasteiger partial charge in [0, 0.05) is 6.54 Å². The number of benzene rings is 1. The number of carbonyl (C=O) groups is 2. The Balaban J connectivity index is 2.36. The molecule has 22 heavy (non-hydrogen) atoms. The van der Waals surface area contributed by atoms with Crippen LogP contribution in [0.4, 0.5) is 0 Å². The van der Waals surface area contributed by atoms with Crippen molar-refractivity contribution in [2.45, 2.75) is 13.3 Å². The lowest BCUT2D eigenvalue weighted by Gasteiger charge is -2.07. The summed E-state index contributed by atoms with van der Waals surface area (Å²) >= 11 is 1.32. The zero-order valence-electron chi connectivity index (χ0n) is 12.2. The molecule has 0 amide bonds. The molecule has 0 radical (unpaired) electrons. The van der Waals surface area contributed by atoms with Gasteiger partial charge in [0.15, 0.2) is 6.29 Å². The summed E-state index contributed by atoms with van der Waals surface area (Å²) < 4.78 is 0. The molecule has 0 bridgehead atoms. The summed E-state index contributed by atoms with van der Waals surface area (Å²) in [5.74, 6) is -0.980. The number of ketones is 1. The lowest BCUT2D eigenvalue weighted by Crippen LogP contribution is -2.16. The predicted octanol–water partition coefficient (Wildman–Crippen LogP) is 2.64. The third-order valence-electron chi connectivity index (χ3n) is 3.37. The van der Waals surface area contributed by atoms with Gasteiger partial charge in [0.05, 0.1) is 10.5 Å². The second-order valence-electron chi connectivity index (χ2n) is 4.95. The van der Waals surface area contributed by atoms with Gasteiger partial charge < -0.3 is 10.8 Å². The Morgan fingerprint density at radius 2 is 1.95 bits per heavy atom. The summed E-state index contributed by atoms with van der Waals surface area (Å²) in [4.78, 5) is 22.7. The molecule has 0 saturated heterocycles. The molecule has 1 aromatic carbocycles. The summed E-state index contributed by atoms with van der Waals surface area (Å²) in [5.41, 5.74) is 8.61. The molecule has 2 rings (SSSR count). The normalized spacial score (nSPS) is 11.9. The van der Waals surface area contributed by atoms with Crippen molar-refractivity contribution < 1.29 is 14.7 Å². The Bertz CT molecular complexity index is 714. The fourth-order valence-corrected chi connectivity index (χ4v) is 3.03. The van der Waals surface area contributed by atoms with Crippen molar-refractivity contribution >= 4 is 29.2 Å². The zero-order valence-corrected chi connectivity index (χ0v) is 13.0. The van der Waals surface area contributed by atoms with Crippen molar-refractivity contribution in [3.05, 3.63) is 62.9 Å². The number of aliphatic hydroxyl groups is 1. The van der Waals surface area contributed by atoms with Gasteiger partial charge >= 0.3 is 0 Å². The van der Waals surface area contributed by atoms with Crippen LogP contribution in [0.1, 0.15) is 21.6 Å². The van der Waals surface area contributed by atoms with Crippen LogP contribution in [0.5, 0.6) is 0 Å². The topological polar surface area (TPSA) is 80.4 Å². The van der Waals surface area contributed by atoms with Gasteiger partial charge in [-0.2, -0.15) is 0 Å². The van der Waals surface area contributed by atoms with E-state index in [4.69, 9.17) is 5.73 Å². The Kier molecular flexibility index (Phi) is 5.25. The van der Waals surface area contributed by atoms with Crippen LogP contribution in [0.15, 0.2) is 41.3 Å². The lowest BCUT2D eigenvalue weighted by atomic mass is 10.0. The van der Waals surface area contributed by atoms with Gasteiger partial charge in [-0.15, -0.1) is 11.3 Å². The SMILES string of the molecule is Cc1ccc(Cc2ccsc2C(O)=C(CN)C(=O)C=O)cc1. The molecule has 0 spiro atoms. The molecule has 0 aliphatic rings. The van der Waals surface area contributed by atoms with E-state index in [1.165, 1.54) is 16.9 Å². The van der Waals surface area contributed by atoms with E-state index in [0.717, 1.165) is 11.1 Å². The van der Waals surface area contributed by atoms with Gasteiger partial charge in [0.2, 0.25) is 5.78 Å². The largest absolute Gasteiger partial charge is 0.506 e. The number of nitrogens with two attached hydrogens (primary N) is 1. The van der Waals surface area contributed by atoms with Crippen LogP contribution in [-0.4, -0.2) is 23.7 Å². The summed E-state index contributed by atoms with van der Waals surface area (Å²) in [6.07, 6.45) is 0.808. The van der Waals surface area contributed by atoms with E-state index < -0.39 is 5.78 Å². The number of rotatable bonds is 6. The second kappa shape index (κ2) is 7.15. The molecular weight excluding hydrogens is 298 g/mol. The van der Waals surface area contributed by atoms with Gasteiger partial charge in [0.1, 0.15) is 5.76 Å². The van der Waals surface area contributed by atoms with Gasteiger partial charge in [-0.1, -0.05) is 29.8 Å². The molecule has 114 valence electrons. The number of aliphatic hydroxyl groups excluding tert-OH is 1. The summed E-state index contributed by atoms with van der Waals surface area (Å²) in [6.45, 7) is 1.85. The molecule has 0 aliphatic heterocycles. The van der Waals surface area contributed by atoms with Crippen molar-refractivity contribution in [1.29, 1.82) is 0 Å². The van der Waals surface area contributed by atoms with Crippen LogP contribution in [0, 0.1) is 6.92 Å². The van der Waals surface area contributed by atoms with Crippen LogP contribution in [0.2, 0.25) is 0 Å². The fraction of sp³-hybridized carbons (Fsp3) is 0.176. The first-order chi connectivity index (χ1) is 10.6. The van der Waals surface area contributed by atoms with Crippen LogP contribution in [0.25, 0.3) is 5.76 Å². The first-order valence-corrected chi connectivity index (χ1v) is 7.68. The minimum Gasteiger partial charge on any atom is -0.506 e. The van der Waals surface area contributed by atoms with Crippen molar-refractivity contribution in [1.82, 2.24) is 0 Å². The second-order valence-corrected chi connectivity index (χ2v) is 5.87. The average molecular weight is 315 g/mol. The number of thiophene rings is 1. The molecule has 5 heteroatoms. The third-order valence-corrected chi connectivity index (χ3v) is 4.33. The monoisotopic (exact) mass is 315 g/mol. The average Bonchev–Trinajstić information content (AvgIpc) is 2.98. The number of Topliss-reactive ketones (excluding diaryl/α,β-unsaturated/α-hetero) is 1. The minimum atomic E-state index is -0.783. The molecule has 1 aromatic heterocycles. The number of hydrogen-bond acceptors (Lipinski definition) is 5. The van der Waals surface area contributed by atoms with Crippen LogP contribution in [0.3, 0.4) is 0 Å². The van der Waals surface area contributed by atoms with E-state index in [2.05, 4.69) is 0 Å². The molecule has 0 saturated carbocycles. The number of aryl methyl sites for hydroxylation is 1. The van der Waals surface area contributed by atoms with E-state index in [9.17, 15) is 14.7 Å². The van der Waals surface area contributed by atoms with Gasteiger partial charge in [0.25, 0.3) is 0 Å². The summed E-state index contributed by atoms with van der Waals surface area (Å²) in [6, 6.07) is 10.0. The quantitative estimate of drug-likeness (QED) is 0.372. The van der Waals surface area contributed by atoms with Crippen molar-refractivity contribution in [2.75, 3.05) is 6.54 Å². The molecule has 0 aliphatic carbocycles. The van der Waals surface area contributed by atoms with Gasteiger partial charge in [-0.05, 0) is 35.9 Å². The first kappa shape index (κ1) is 16.1. The van der Waals surface area contributed by atoms with Crippen molar-refractivity contribution in [3.63, 3.8) is 0 Å². The first-order valence-electron chi connectivity index (χ1n) is 6.80. The molecular formula is C17H17NO3S. The van der Waals surface area contributed by atoms with E-state index in [1.54, 1.807) is 0 Å². The minimum absolute atomic E-state index is 0.0531. The standard InChI is InChI=1S/C17H17NO3S/c1-11-2-4-12(5-3-11)8-13-6-7-22-17(13)16(21)14(9-18)15(20)10-19/h2-7,10,21H,8-9,18H2,1H3. The molecule has 4 nitrogen and oxygen atoms in total. The maximum Gasteiger partial charge on any atom is 0.226 e. The van der Waals surface area contributed by atoms with Crippen molar-refractivity contribution in [2.24, 2.45) is 5.73 Å². The number of carbonyl (C=O) groups excluding carboxylic acids is 2. The lowest BCUT2D eigenvalue weighted by molar-refractivity contribution is -0.127. The van der Waals surface area contributed by atoms with Gasteiger partial charge in [-0.25, -0.2) is 0 Å². The van der Waals surface area contributed by atoms with Gasteiger partial charge in [-0.3, -0.25) is 9.59 Å². The van der Waals surface area contributed by atoms with E-state index in [0.29, 0.717) is 11.3 Å². The molecule has 3 N–H and O–H groups in total. The van der Waals surface area contributed by atoms with E-state index in [-0.39, 0.29) is 24.2 Å². The Morgan fingerprint density at radius 1 is 1.27 bits per heavy atom. The van der Waals surface area contributed by atoms with Crippen LogP contribution < -0.4 is 5.73 Å². The smallest absolute Gasteiger partial charge is 0.226 e. The summed E-state index contributed by atoms with van der Waals surface area (Å²) in [7, 11) is 0. The van der Waals surface area contributed by atoms with Crippen molar-refractivity contribution in [3.8, 4) is 0 Å². The highest BCUT2D eigenvalue weighted by Crippen LogP contribution is 2.28.